The zero-order valence-corrected chi connectivity index (χ0v) is 13.9. The van der Waals surface area contributed by atoms with E-state index in [2.05, 4.69) is 25.4 Å². The number of nitrogens with one attached hydrogen (secondary N) is 3. The second-order valence-corrected chi connectivity index (χ2v) is 7.40. The Morgan fingerprint density at radius 2 is 2.00 bits per heavy atom. The van der Waals surface area contributed by atoms with E-state index >= 15 is 0 Å². The molecule has 126 valence electrons. The summed E-state index contributed by atoms with van der Waals surface area (Å²) in [6.07, 6.45) is 1.70. The monoisotopic (exact) mass is 355 g/mol. The maximum atomic E-state index is 12.3. The molecule has 0 atom stereocenters. The van der Waals surface area contributed by atoms with Crippen LogP contribution in [0, 0.1) is 0 Å². The molecule has 3 N–H and O–H groups in total. The summed E-state index contributed by atoms with van der Waals surface area (Å²) in [6.45, 7) is 0. The van der Waals surface area contributed by atoms with E-state index in [-0.39, 0.29) is 10.8 Å². The standard InChI is InChI=1S/C16H13N5O3S/c1-17-25(23,24)10-3-5-13-11(8-10)12(16(22)18-13)6-9-2-4-14-15(7-9)20-21-19-14/h2-8,17H,1H3,(H,18,22)(H,19,20,21)/b12-6-. The number of hydrogen-bond donors (Lipinski definition) is 3. The molecule has 0 aliphatic carbocycles. The van der Waals surface area contributed by atoms with Gasteiger partial charge in [-0.2, -0.15) is 0 Å². The molecule has 0 spiro atoms. The second kappa shape index (κ2) is 5.50. The number of benzene rings is 2. The minimum atomic E-state index is -3.59. The molecule has 2 heterocycles. The molecule has 1 aliphatic rings. The van der Waals surface area contributed by atoms with Crippen molar-refractivity contribution in [2.45, 2.75) is 4.90 Å². The summed E-state index contributed by atoms with van der Waals surface area (Å²) in [5.41, 5.74) is 3.75. The first-order chi connectivity index (χ1) is 12.0. The maximum absolute atomic E-state index is 12.3. The molecule has 0 fully saturated rings. The van der Waals surface area contributed by atoms with Gasteiger partial charge in [0, 0.05) is 16.8 Å². The van der Waals surface area contributed by atoms with Crippen LogP contribution >= 0.6 is 0 Å². The van der Waals surface area contributed by atoms with Crippen molar-refractivity contribution in [1.29, 1.82) is 0 Å². The van der Waals surface area contributed by atoms with Crippen molar-refractivity contribution in [3.05, 3.63) is 47.5 Å². The van der Waals surface area contributed by atoms with Gasteiger partial charge in [-0.25, -0.2) is 13.1 Å². The number of nitrogens with zero attached hydrogens (tertiary/aromatic N) is 2. The van der Waals surface area contributed by atoms with Crippen LogP contribution in [-0.2, 0) is 14.8 Å². The summed E-state index contributed by atoms with van der Waals surface area (Å²) in [7, 11) is -2.25. The van der Waals surface area contributed by atoms with Gasteiger partial charge in [0.1, 0.15) is 5.52 Å². The molecular formula is C16H13N5O3S. The lowest BCUT2D eigenvalue weighted by molar-refractivity contribution is -0.110. The molecule has 1 aromatic heterocycles. The predicted molar refractivity (Wildman–Crippen MR) is 93.1 cm³/mol. The summed E-state index contributed by atoms with van der Waals surface area (Å²) in [4.78, 5) is 12.4. The zero-order chi connectivity index (χ0) is 17.6. The van der Waals surface area contributed by atoms with E-state index in [1.165, 1.54) is 19.2 Å². The lowest BCUT2D eigenvalue weighted by atomic mass is 10.0. The number of rotatable bonds is 3. The molecular weight excluding hydrogens is 342 g/mol. The van der Waals surface area contributed by atoms with Gasteiger partial charge in [0.15, 0.2) is 0 Å². The third-order valence-electron chi connectivity index (χ3n) is 4.01. The van der Waals surface area contributed by atoms with E-state index < -0.39 is 10.0 Å². The Hall–Kier alpha value is -3.04. The molecule has 1 amide bonds. The lowest BCUT2D eigenvalue weighted by Crippen LogP contribution is -2.18. The van der Waals surface area contributed by atoms with Gasteiger partial charge in [-0.1, -0.05) is 11.3 Å². The number of hydrogen-bond acceptors (Lipinski definition) is 5. The lowest BCUT2D eigenvalue weighted by Gasteiger charge is -2.05. The van der Waals surface area contributed by atoms with Crippen LogP contribution in [0.2, 0.25) is 0 Å². The van der Waals surface area contributed by atoms with Gasteiger partial charge in [0.2, 0.25) is 10.0 Å². The minimum Gasteiger partial charge on any atom is -0.321 e. The number of sulfonamides is 1. The Morgan fingerprint density at radius 1 is 1.16 bits per heavy atom. The second-order valence-electron chi connectivity index (χ2n) is 5.52. The summed E-state index contributed by atoms with van der Waals surface area (Å²) in [6, 6.07) is 9.96. The summed E-state index contributed by atoms with van der Waals surface area (Å²) in [5, 5.41) is 13.2. The number of carbonyl (C=O) groups is 1. The zero-order valence-electron chi connectivity index (χ0n) is 13.1. The molecule has 0 saturated heterocycles. The normalized spacial score (nSPS) is 15.6. The molecule has 0 saturated carbocycles. The smallest absolute Gasteiger partial charge is 0.256 e. The largest absolute Gasteiger partial charge is 0.321 e. The highest BCUT2D eigenvalue weighted by Crippen LogP contribution is 2.34. The Morgan fingerprint density at radius 3 is 2.80 bits per heavy atom. The number of aromatic amines is 1. The van der Waals surface area contributed by atoms with Gasteiger partial charge >= 0.3 is 0 Å². The molecule has 0 unspecified atom stereocenters. The van der Waals surface area contributed by atoms with Crippen LogP contribution in [0.3, 0.4) is 0 Å². The van der Waals surface area contributed by atoms with Crippen molar-refractivity contribution >= 4 is 44.3 Å². The van der Waals surface area contributed by atoms with E-state index in [0.29, 0.717) is 22.3 Å². The Kier molecular flexibility index (Phi) is 3.41. The Labute approximate surface area is 143 Å². The number of anilines is 1. The van der Waals surface area contributed by atoms with Crippen molar-refractivity contribution in [3.8, 4) is 0 Å². The fourth-order valence-corrected chi connectivity index (χ4v) is 3.47. The van der Waals surface area contributed by atoms with E-state index in [4.69, 9.17) is 0 Å². The molecule has 9 heteroatoms. The highest BCUT2D eigenvalue weighted by Gasteiger charge is 2.26. The number of fused-ring (bicyclic) bond motifs is 2. The van der Waals surface area contributed by atoms with Gasteiger partial charge in [-0.05, 0) is 49.0 Å². The van der Waals surface area contributed by atoms with Gasteiger partial charge < -0.3 is 5.32 Å². The highest BCUT2D eigenvalue weighted by molar-refractivity contribution is 7.89. The molecule has 2 aromatic carbocycles. The highest BCUT2D eigenvalue weighted by atomic mass is 32.2. The van der Waals surface area contributed by atoms with Crippen molar-refractivity contribution < 1.29 is 13.2 Å². The molecule has 25 heavy (non-hydrogen) atoms. The van der Waals surface area contributed by atoms with Crippen LogP contribution < -0.4 is 10.0 Å². The maximum Gasteiger partial charge on any atom is 0.256 e. The third kappa shape index (κ3) is 2.59. The van der Waals surface area contributed by atoms with Crippen LogP contribution in [0.5, 0.6) is 0 Å². The quantitative estimate of drug-likeness (QED) is 0.613. The van der Waals surface area contributed by atoms with Crippen LogP contribution in [-0.4, -0.2) is 36.8 Å². The number of H-pyrrole nitrogens is 1. The van der Waals surface area contributed by atoms with E-state index in [1.54, 1.807) is 18.2 Å². The number of carbonyl (C=O) groups excluding carboxylic acids is 1. The third-order valence-corrected chi connectivity index (χ3v) is 5.43. The van der Waals surface area contributed by atoms with Crippen molar-refractivity contribution in [2.75, 3.05) is 12.4 Å². The minimum absolute atomic E-state index is 0.100. The van der Waals surface area contributed by atoms with E-state index in [1.807, 2.05) is 12.1 Å². The average molecular weight is 355 g/mol. The van der Waals surface area contributed by atoms with Gasteiger partial charge in [-0.3, -0.25) is 9.89 Å². The SMILES string of the molecule is CNS(=O)(=O)c1ccc2c(c1)/C(=C/c1ccc3[nH]nnc3c1)C(=O)N2. The Bertz CT molecular complexity index is 1150. The first kappa shape index (κ1) is 15.5. The first-order valence-electron chi connectivity index (χ1n) is 7.40. The molecule has 8 nitrogen and oxygen atoms in total. The van der Waals surface area contributed by atoms with Crippen molar-refractivity contribution in [2.24, 2.45) is 0 Å². The first-order valence-corrected chi connectivity index (χ1v) is 8.88. The van der Waals surface area contributed by atoms with Crippen molar-refractivity contribution in [3.63, 3.8) is 0 Å². The molecule has 1 aliphatic heterocycles. The van der Waals surface area contributed by atoms with Crippen LogP contribution in [0.4, 0.5) is 5.69 Å². The topological polar surface area (TPSA) is 117 Å². The fraction of sp³-hybridized carbons (Fsp3) is 0.0625. The molecule has 3 aromatic rings. The summed E-state index contributed by atoms with van der Waals surface area (Å²) in [5.74, 6) is -0.283. The van der Waals surface area contributed by atoms with Crippen LogP contribution in [0.1, 0.15) is 11.1 Å². The van der Waals surface area contributed by atoms with Crippen molar-refractivity contribution in [1.82, 2.24) is 20.1 Å². The number of amides is 1. The molecule has 0 bridgehead atoms. The van der Waals surface area contributed by atoms with Gasteiger partial charge in [-0.15, -0.1) is 5.10 Å². The van der Waals surface area contributed by atoms with Gasteiger partial charge in [0.05, 0.1) is 10.4 Å². The van der Waals surface area contributed by atoms with E-state index in [9.17, 15) is 13.2 Å². The van der Waals surface area contributed by atoms with Gasteiger partial charge in [0.25, 0.3) is 5.91 Å². The van der Waals surface area contributed by atoms with E-state index in [0.717, 1.165) is 11.1 Å². The summed E-state index contributed by atoms with van der Waals surface area (Å²) >= 11 is 0. The average Bonchev–Trinajstić information content (AvgIpc) is 3.19. The molecule has 4 rings (SSSR count). The Balaban J connectivity index is 1.84. The molecule has 0 radical (unpaired) electrons. The van der Waals surface area contributed by atoms with Crippen LogP contribution in [0.25, 0.3) is 22.7 Å². The summed E-state index contributed by atoms with van der Waals surface area (Å²) < 4.78 is 26.3. The van der Waals surface area contributed by atoms with Crippen LogP contribution in [0.15, 0.2) is 41.3 Å². The number of aromatic nitrogens is 3. The predicted octanol–water partition coefficient (Wildman–Crippen LogP) is 1.36. The fourth-order valence-electron chi connectivity index (χ4n) is 2.71.